The topological polar surface area (TPSA) is 66.5 Å². The Balaban J connectivity index is 1.69. The van der Waals surface area contributed by atoms with Crippen molar-refractivity contribution < 1.29 is 13.2 Å². The standard InChI is InChI=1S/C21H25ClN2O3S/c1-15-8-9-16(2)20(11-15)23-21(25)18-6-4-10-24(13-18)28(26,27)14-17-5-3-7-19(22)12-17/h3,5,7-9,11-12,18H,4,6,10,13-14H2,1-2H3,(H,23,25)/t18-/m0/s1. The van der Waals surface area contributed by atoms with E-state index in [0.717, 1.165) is 16.8 Å². The predicted octanol–water partition coefficient (Wildman–Crippen LogP) is 4.14. The molecule has 150 valence electrons. The Hall–Kier alpha value is -1.89. The fourth-order valence-electron chi connectivity index (χ4n) is 3.44. The van der Waals surface area contributed by atoms with E-state index in [1.807, 2.05) is 32.0 Å². The lowest BCUT2D eigenvalue weighted by Crippen LogP contribution is -2.44. The lowest BCUT2D eigenvalue weighted by Gasteiger charge is -2.31. The number of rotatable bonds is 5. The van der Waals surface area contributed by atoms with Gasteiger partial charge in [-0.15, -0.1) is 0 Å². The van der Waals surface area contributed by atoms with Gasteiger partial charge in [-0.3, -0.25) is 4.79 Å². The van der Waals surface area contributed by atoms with Crippen molar-refractivity contribution in [2.24, 2.45) is 5.92 Å². The van der Waals surface area contributed by atoms with E-state index in [0.29, 0.717) is 30.0 Å². The summed E-state index contributed by atoms with van der Waals surface area (Å²) in [7, 11) is -3.51. The highest BCUT2D eigenvalue weighted by Gasteiger charge is 2.32. The van der Waals surface area contributed by atoms with Crippen LogP contribution in [-0.4, -0.2) is 31.7 Å². The van der Waals surface area contributed by atoms with Gasteiger partial charge in [-0.25, -0.2) is 12.7 Å². The van der Waals surface area contributed by atoms with Gasteiger partial charge in [0, 0.05) is 23.8 Å². The molecule has 1 aliphatic heterocycles. The molecule has 0 aliphatic carbocycles. The van der Waals surface area contributed by atoms with Crippen molar-refractivity contribution in [1.29, 1.82) is 0 Å². The summed E-state index contributed by atoms with van der Waals surface area (Å²) in [6.07, 6.45) is 1.35. The third-order valence-corrected chi connectivity index (χ3v) is 7.09. The maximum absolute atomic E-state index is 12.8. The van der Waals surface area contributed by atoms with E-state index in [9.17, 15) is 13.2 Å². The SMILES string of the molecule is Cc1ccc(C)c(NC(=O)[C@H]2CCCN(S(=O)(=O)Cc3cccc(Cl)c3)C2)c1. The zero-order valence-corrected chi connectivity index (χ0v) is 17.7. The first-order chi connectivity index (χ1) is 13.2. The average Bonchev–Trinajstić information content (AvgIpc) is 2.64. The number of benzene rings is 2. The molecule has 1 N–H and O–H groups in total. The predicted molar refractivity (Wildman–Crippen MR) is 113 cm³/mol. The maximum atomic E-state index is 12.8. The zero-order valence-electron chi connectivity index (χ0n) is 16.1. The summed E-state index contributed by atoms with van der Waals surface area (Å²) in [5, 5.41) is 3.48. The number of amides is 1. The number of sulfonamides is 1. The van der Waals surface area contributed by atoms with Crippen LogP contribution in [0.1, 0.15) is 29.5 Å². The molecule has 0 spiro atoms. The van der Waals surface area contributed by atoms with Gasteiger partial charge in [0.15, 0.2) is 0 Å². The second-order valence-electron chi connectivity index (χ2n) is 7.39. The molecule has 0 bridgehead atoms. The lowest BCUT2D eigenvalue weighted by molar-refractivity contribution is -0.120. The normalized spacial score (nSPS) is 18.0. The van der Waals surface area contributed by atoms with E-state index in [1.165, 1.54) is 4.31 Å². The van der Waals surface area contributed by atoms with Gasteiger partial charge < -0.3 is 5.32 Å². The van der Waals surface area contributed by atoms with E-state index in [1.54, 1.807) is 24.3 Å². The van der Waals surface area contributed by atoms with Gasteiger partial charge >= 0.3 is 0 Å². The van der Waals surface area contributed by atoms with E-state index >= 15 is 0 Å². The smallest absolute Gasteiger partial charge is 0.228 e. The van der Waals surface area contributed by atoms with Gasteiger partial charge in [0.25, 0.3) is 0 Å². The van der Waals surface area contributed by atoms with Gasteiger partial charge in [-0.2, -0.15) is 0 Å². The Morgan fingerprint density at radius 2 is 2.00 bits per heavy atom. The fraction of sp³-hybridized carbons (Fsp3) is 0.381. The van der Waals surface area contributed by atoms with Crippen LogP contribution < -0.4 is 5.32 Å². The average molecular weight is 421 g/mol. The lowest BCUT2D eigenvalue weighted by atomic mass is 9.98. The summed E-state index contributed by atoms with van der Waals surface area (Å²) in [5.74, 6) is -0.599. The summed E-state index contributed by atoms with van der Waals surface area (Å²) in [6.45, 7) is 4.56. The first-order valence-electron chi connectivity index (χ1n) is 9.35. The highest BCUT2D eigenvalue weighted by Crippen LogP contribution is 2.24. The summed E-state index contributed by atoms with van der Waals surface area (Å²) in [5.41, 5.74) is 3.48. The van der Waals surface area contributed by atoms with Crippen LogP contribution in [0.2, 0.25) is 5.02 Å². The molecule has 5 nitrogen and oxygen atoms in total. The minimum Gasteiger partial charge on any atom is -0.326 e. The van der Waals surface area contributed by atoms with Crippen molar-refractivity contribution in [3.63, 3.8) is 0 Å². The van der Waals surface area contributed by atoms with Crippen LogP contribution in [0.3, 0.4) is 0 Å². The number of hydrogen-bond donors (Lipinski definition) is 1. The molecule has 1 aliphatic rings. The second-order valence-corrected chi connectivity index (χ2v) is 9.80. The molecular weight excluding hydrogens is 396 g/mol. The van der Waals surface area contributed by atoms with E-state index in [-0.39, 0.29) is 24.1 Å². The summed E-state index contributed by atoms with van der Waals surface area (Å²) in [4.78, 5) is 12.8. The third kappa shape index (κ3) is 5.13. The number of halogens is 1. The monoisotopic (exact) mass is 420 g/mol. The van der Waals surface area contributed by atoms with Crippen molar-refractivity contribution in [3.8, 4) is 0 Å². The van der Waals surface area contributed by atoms with Crippen LogP contribution in [0.15, 0.2) is 42.5 Å². The Labute approximate surface area is 171 Å². The van der Waals surface area contributed by atoms with E-state index < -0.39 is 10.0 Å². The van der Waals surface area contributed by atoms with Gasteiger partial charge in [0.05, 0.1) is 11.7 Å². The number of nitrogens with one attached hydrogen (secondary N) is 1. The van der Waals surface area contributed by atoms with Crippen LogP contribution in [0, 0.1) is 19.8 Å². The number of carbonyl (C=O) groups is 1. The molecular formula is C21H25ClN2O3S. The molecule has 2 aromatic carbocycles. The number of piperidine rings is 1. The molecule has 0 aromatic heterocycles. The highest BCUT2D eigenvalue weighted by molar-refractivity contribution is 7.88. The van der Waals surface area contributed by atoms with Crippen molar-refractivity contribution in [3.05, 3.63) is 64.2 Å². The fourth-order valence-corrected chi connectivity index (χ4v) is 5.25. The number of aryl methyl sites for hydroxylation is 2. The number of nitrogens with zero attached hydrogens (tertiary/aromatic N) is 1. The zero-order chi connectivity index (χ0) is 20.3. The second kappa shape index (κ2) is 8.64. The Kier molecular flexibility index (Phi) is 6.43. The molecule has 1 amide bonds. The van der Waals surface area contributed by atoms with E-state index in [2.05, 4.69) is 5.32 Å². The van der Waals surface area contributed by atoms with Crippen LogP contribution in [0.5, 0.6) is 0 Å². The molecule has 0 unspecified atom stereocenters. The Morgan fingerprint density at radius 3 is 2.75 bits per heavy atom. The molecule has 0 saturated carbocycles. The van der Waals surface area contributed by atoms with Crippen LogP contribution in [-0.2, 0) is 20.6 Å². The number of carbonyl (C=O) groups excluding carboxylic acids is 1. The van der Waals surface area contributed by atoms with Crippen molar-refractivity contribution in [2.45, 2.75) is 32.4 Å². The summed E-state index contributed by atoms with van der Waals surface area (Å²) < 4.78 is 27.1. The van der Waals surface area contributed by atoms with Crippen molar-refractivity contribution in [1.82, 2.24) is 4.31 Å². The number of hydrogen-bond acceptors (Lipinski definition) is 3. The summed E-state index contributed by atoms with van der Waals surface area (Å²) >= 11 is 5.96. The van der Waals surface area contributed by atoms with Crippen molar-refractivity contribution in [2.75, 3.05) is 18.4 Å². The molecule has 1 saturated heterocycles. The molecule has 28 heavy (non-hydrogen) atoms. The largest absolute Gasteiger partial charge is 0.326 e. The molecule has 1 fully saturated rings. The summed E-state index contributed by atoms with van der Waals surface area (Å²) in [6, 6.07) is 12.8. The Morgan fingerprint density at radius 1 is 1.21 bits per heavy atom. The van der Waals surface area contributed by atoms with Gasteiger partial charge in [-0.05, 0) is 61.6 Å². The number of anilines is 1. The molecule has 1 atom stereocenters. The first-order valence-corrected chi connectivity index (χ1v) is 11.3. The quantitative estimate of drug-likeness (QED) is 0.790. The van der Waals surface area contributed by atoms with Crippen LogP contribution in [0.25, 0.3) is 0 Å². The van der Waals surface area contributed by atoms with Crippen LogP contribution >= 0.6 is 11.6 Å². The molecule has 1 heterocycles. The molecule has 0 radical (unpaired) electrons. The minimum atomic E-state index is -3.51. The van der Waals surface area contributed by atoms with Gasteiger partial charge in [-0.1, -0.05) is 35.9 Å². The maximum Gasteiger partial charge on any atom is 0.228 e. The van der Waals surface area contributed by atoms with Crippen LogP contribution in [0.4, 0.5) is 5.69 Å². The molecule has 7 heteroatoms. The minimum absolute atomic E-state index is 0.112. The van der Waals surface area contributed by atoms with E-state index in [4.69, 9.17) is 11.6 Å². The molecule has 2 aromatic rings. The molecule has 3 rings (SSSR count). The van der Waals surface area contributed by atoms with Gasteiger partial charge in [0.2, 0.25) is 15.9 Å². The van der Waals surface area contributed by atoms with Crippen molar-refractivity contribution >= 4 is 33.2 Å². The third-order valence-electron chi connectivity index (χ3n) is 5.04. The van der Waals surface area contributed by atoms with Gasteiger partial charge in [0.1, 0.15) is 0 Å². The Bertz CT molecular complexity index is 975. The first kappa shape index (κ1) is 20.8. The highest BCUT2D eigenvalue weighted by atomic mass is 35.5.